The monoisotopic (exact) mass is 439 g/mol. The van der Waals surface area contributed by atoms with Gasteiger partial charge >= 0.3 is 6.61 Å². The lowest BCUT2D eigenvalue weighted by molar-refractivity contribution is -0.0498. The van der Waals surface area contributed by atoms with Gasteiger partial charge < -0.3 is 15.0 Å². The summed E-state index contributed by atoms with van der Waals surface area (Å²) in [5.74, 6) is 1.01. The zero-order valence-corrected chi connectivity index (χ0v) is 16.0. The van der Waals surface area contributed by atoms with E-state index in [0.717, 1.165) is 31.0 Å². The predicted octanol–water partition coefficient (Wildman–Crippen LogP) is 3.71. The van der Waals surface area contributed by atoms with Gasteiger partial charge in [0.05, 0.1) is 0 Å². The van der Waals surface area contributed by atoms with Crippen molar-refractivity contribution in [1.82, 2.24) is 10.2 Å². The number of benzene rings is 1. The van der Waals surface area contributed by atoms with E-state index in [0.29, 0.717) is 12.0 Å². The summed E-state index contributed by atoms with van der Waals surface area (Å²) in [7, 11) is 1.75. The summed E-state index contributed by atoms with van der Waals surface area (Å²) >= 11 is 0. The summed E-state index contributed by atoms with van der Waals surface area (Å²) in [4.78, 5) is 6.52. The van der Waals surface area contributed by atoms with Crippen LogP contribution >= 0.6 is 24.0 Å². The van der Waals surface area contributed by atoms with Crippen molar-refractivity contribution >= 4 is 29.9 Å². The minimum Gasteiger partial charge on any atom is -0.435 e. The van der Waals surface area contributed by atoms with Gasteiger partial charge in [-0.05, 0) is 29.5 Å². The van der Waals surface area contributed by atoms with Crippen LogP contribution in [0.5, 0.6) is 5.75 Å². The Bertz CT molecular complexity index is 538. The fraction of sp³-hybridized carbons (Fsp3) is 0.562. The zero-order chi connectivity index (χ0) is 16.2. The molecule has 130 valence electrons. The third-order valence-corrected chi connectivity index (χ3v) is 3.76. The van der Waals surface area contributed by atoms with E-state index in [1.54, 1.807) is 19.2 Å². The molecule has 0 aromatic heterocycles. The highest BCUT2D eigenvalue weighted by Crippen LogP contribution is 2.28. The van der Waals surface area contributed by atoms with Gasteiger partial charge in [-0.15, -0.1) is 24.0 Å². The molecule has 1 aromatic rings. The SMILES string of the molecule is CN=C(NCc1cccc(OC(F)F)c1)N1CCC(C)(C)C1.I. The third-order valence-electron chi connectivity index (χ3n) is 3.76. The summed E-state index contributed by atoms with van der Waals surface area (Å²) in [6, 6.07) is 6.71. The molecule has 7 heteroatoms. The molecule has 1 aromatic carbocycles. The summed E-state index contributed by atoms with van der Waals surface area (Å²) in [5, 5.41) is 3.28. The fourth-order valence-electron chi connectivity index (χ4n) is 2.64. The van der Waals surface area contributed by atoms with Crippen LogP contribution in [0, 0.1) is 5.41 Å². The van der Waals surface area contributed by atoms with E-state index in [9.17, 15) is 8.78 Å². The van der Waals surface area contributed by atoms with Crippen molar-refractivity contribution in [3.05, 3.63) is 29.8 Å². The summed E-state index contributed by atoms with van der Waals surface area (Å²) in [6.45, 7) is 4.13. The van der Waals surface area contributed by atoms with E-state index in [2.05, 4.69) is 33.8 Å². The smallest absolute Gasteiger partial charge is 0.387 e. The average Bonchev–Trinajstić information content (AvgIpc) is 2.79. The van der Waals surface area contributed by atoms with Crippen LogP contribution in [0.4, 0.5) is 8.78 Å². The molecule has 0 aliphatic carbocycles. The molecule has 1 aliphatic heterocycles. The lowest BCUT2D eigenvalue weighted by atomic mass is 9.93. The number of hydrogen-bond acceptors (Lipinski definition) is 2. The number of nitrogens with one attached hydrogen (secondary N) is 1. The molecule has 0 radical (unpaired) electrons. The van der Waals surface area contributed by atoms with Crippen molar-refractivity contribution < 1.29 is 13.5 Å². The Labute approximate surface area is 153 Å². The first-order chi connectivity index (χ1) is 10.4. The maximum Gasteiger partial charge on any atom is 0.387 e. The van der Waals surface area contributed by atoms with Crippen LogP contribution in [0.25, 0.3) is 0 Å². The third kappa shape index (κ3) is 6.12. The van der Waals surface area contributed by atoms with E-state index in [-0.39, 0.29) is 29.7 Å². The van der Waals surface area contributed by atoms with Gasteiger partial charge in [0.15, 0.2) is 5.96 Å². The number of guanidine groups is 1. The van der Waals surface area contributed by atoms with Crippen LogP contribution in [-0.2, 0) is 6.54 Å². The highest BCUT2D eigenvalue weighted by Gasteiger charge is 2.30. The molecule has 0 atom stereocenters. The van der Waals surface area contributed by atoms with Gasteiger partial charge in [0.25, 0.3) is 0 Å². The van der Waals surface area contributed by atoms with E-state index in [1.807, 2.05) is 6.07 Å². The minimum absolute atomic E-state index is 0. The van der Waals surface area contributed by atoms with Gasteiger partial charge in [-0.2, -0.15) is 8.78 Å². The van der Waals surface area contributed by atoms with Gasteiger partial charge in [-0.25, -0.2) is 0 Å². The van der Waals surface area contributed by atoms with Crippen molar-refractivity contribution in [1.29, 1.82) is 0 Å². The molecule has 1 fully saturated rings. The van der Waals surface area contributed by atoms with Gasteiger partial charge in [0, 0.05) is 26.7 Å². The van der Waals surface area contributed by atoms with Crippen LogP contribution in [0.3, 0.4) is 0 Å². The Morgan fingerprint density at radius 3 is 2.74 bits per heavy atom. The normalized spacial score (nSPS) is 17.1. The fourth-order valence-corrected chi connectivity index (χ4v) is 2.64. The second kappa shape index (κ2) is 8.65. The molecule has 0 bridgehead atoms. The summed E-state index contributed by atoms with van der Waals surface area (Å²) < 4.78 is 28.9. The average molecular weight is 439 g/mol. The highest BCUT2D eigenvalue weighted by atomic mass is 127. The first-order valence-corrected chi connectivity index (χ1v) is 7.39. The maximum atomic E-state index is 12.2. The molecular formula is C16H24F2IN3O. The molecule has 0 saturated carbocycles. The number of alkyl halides is 2. The zero-order valence-electron chi connectivity index (χ0n) is 13.7. The Balaban J connectivity index is 0.00000264. The largest absolute Gasteiger partial charge is 0.435 e. The van der Waals surface area contributed by atoms with Gasteiger partial charge in [-0.1, -0.05) is 26.0 Å². The first kappa shape index (κ1) is 19.9. The van der Waals surface area contributed by atoms with E-state index < -0.39 is 6.61 Å². The van der Waals surface area contributed by atoms with Crippen LogP contribution in [0.15, 0.2) is 29.3 Å². The van der Waals surface area contributed by atoms with Gasteiger partial charge in [-0.3, -0.25) is 4.99 Å². The second-order valence-corrected chi connectivity index (χ2v) is 6.26. The number of nitrogens with zero attached hydrogens (tertiary/aromatic N) is 2. The summed E-state index contributed by atoms with van der Waals surface area (Å²) in [5.41, 5.74) is 1.17. The topological polar surface area (TPSA) is 36.9 Å². The number of ether oxygens (including phenoxy) is 1. The van der Waals surface area contributed by atoms with E-state index >= 15 is 0 Å². The lowest BCUT2D eigenvalue weighted by Crippen LogP contribution is -2.40. The quantitative estimate of drug-likeness (QED) is 0.442. The molecule has 4 nitrogen and oxygen atoms in total. The molecule has 0 spiro atoms. The molecule has 0 unspecified atom stereocenters. The van der Waals surface area contributed by atoms with Crippen molar-refractivity contribution in [2.75, 3.05) is 20.1 Å². The van der Waals surface area contributed by atoms with E-state index in [4.69, 9.17) is 0 Å². The number of halogens is 3. The Kier molecular flexibility index (Phi) is 7.50. The van der Waals surface area contributed by atoms with Crippen molar-refractivity contribution in [3.8, 4) is 5.75 Å². The minimum atomic E-state index is -2.80. The molecule has 0 amide bonds. The standard InChI is InChI=1S/C16H23F2N3O.HI/c1-16(2)7-8-21(11-16)15(19-3)20-10-12-5-4-6-13(9-12)22-14(17)18;/h4-6,9,14H,7-8,10-11H2,1-3H3,(H,19,20);1H. The molecule has 1 heterocycles. The highest BCUT2D eigenvalue weighted by molar-refractivity contribution is 14.0. The molecule has 1 aliphatic rings. The number of aliphatic imine (C=N–C) groups is 1. The number of hydrogen-bond donors (Lipinski definition) is 1. The van der Waals surface area contributed by atoms with Crippen molar-refractivity contribution in [3.63, 3.8) is 0 Å². The molecule has 23 heavy (non-hydrogen) atoms. The van der Waals surface area contributed by atoms with Crippen LogP contribution in [0.2, 0.25) is 0 Å². The van der Waals surface area contributed by atoms with Gasteiger partial charge in [0.1, 0.15) is 5.75 Å². The van der Waals surface area contributed by atoms with E-state index in [1.165, 1.54) is 6.07 Å². The predicted molar refractivity (Wildman–Crippen MR) is 98.7 cm³/mol. The number of likely N-dealkylation sites (tertiary alicyclic amines) is 1. The Hall–Kier alpha value is -1.12. The molecule has 1 saturated heterocycles. The Morgan fingerprint density at radius 2 is 2.17 bits per heavy atom. The summed E-state index contributed by atoms with van der Waals surface area (Å²) in [6.07, 6.45) is 1.13. The number of rotatable bonds is 4. The second-order valence-electron chi connectivity index (χ2n) is 6.26. The maximum absolute atomic E-state index is 12.2. The van der Waals surface area contributed by atoms with Gasteiger partial charge in [0.2, 0.25) is 0 Å². The lowest BCUT2D eigenvalue weighted by Gasteiger charge is -2.23. The van der Waals surface area contributed by atoms with Crippen LogP contribution in [-0.4, -0.2) is 37.6 Å². The van der Waals surface area contributed by atoms with Crippen LogP contribution < -0.4 is 10.1 Å². The Morgan fingerprint density at radius 1 is 1.43 bits per heavy atom. The molecule has 2 rings (SSSR count). The molecule has 1 N–H and O–H groups in total. The van der Waals surface area contributed by atoms with Crippen LogP contribution in [0.1, 0.15) is 25.8 Å². The first-order valence-electron chi connectivity index (χ1n) is 7.39. The van der Waals surface area contributed by atoms with Crippen molar-refractivity contribution in [2.24, 2.45) is 10.4 Å². The van der Waals surface area contributed by atoms with Crippen molar-refractivity contribution in [2.45, 2.75) is 33.4 Å². The molecular weight excluding hydrogens is 415 g/mol.